The van der Waals surface area contributed by atoms with E-state index in [-0.39, 0.29) is 20.3 Å². The molecule has 0 radical (unpaired) electrons. The van der Waals surface area contributed by atoms with E-state index in [1.807, 2.05) is 0 Å². The van der Waals surface area contributed by atoms with Gasteiger partial charge in [0.1, 0.15) is 0 Å². The molecule has 0 aromatic heterocycles. The van der Waals surface area contributed by atoms with Crippen molar-refractivity contribution in [2.24, 2.45) is 0 Å². The first-order valence-electron chi connectivity index (χ1n) is 0.651. The van der Waals surface area contributed by atoms with E-state index in [0.717, 1.165) is 0 Å². The molecule has 0 aromatic carbocycles. The second kappa shape index (κ2) is 4.42. The summed E-state index contributed by atoms with van der Waals surface area (Å²) in [6, 6.07) is 0. The van der Waals surface area contributed by atoms with E-state index < -0.39 is 5.30 Å². The van der Waals surface area contributed by atoms with Crippen LogP contribution in [0.15, 0.2) is 0 Å². The minimum atomic E-state index is -1.14. The monoisotopic (exact) mass is 86.0 g/mol. The van der Waals surface area contributed by atoms with E-state index in [1.165, 1.54) is 0 Å². The minimum absolute atomic E-state index is 0. The topological polar surface area (TPSA) is 37.3 Å². The fourth-order valence-electron chi connectivity index (χ4n) is 0. The first kappa shape index (κ1) is 9.05. The van der Waals surface area contributed by atoms with E-state index in [4.69, 9.17) is 9.90 Å². The van der Waals surface area contributed by atoms with Gasteiger partial charge in [-0.25, -0.2) is 4.79 Å². The predicted octanol–water partition coefficient (Wildman–Crippen LogP) is -2.29. The summed E-state index contributed by atoms with van der Waals surface area (Å²) < 4.78 is 0. The predicted molar refractivity (Wildman–Crippen MR) is 18.1 cm³/mol. The van der Waals surface area contributed by atoms with Gasteiger partial charge in [-0.05, 0) is 0 Å². The minimum Gasteiger partial charge on any atom is -1.00 e. The summed E-state index contributed by atoms with van der Waals surface area (Å²) in [5.74, 6) is 0. The molecule has 0 amide bonds. The van der Waals surface area contributed by atoms with E-state index >= 15 is 0 Å². The van der Waals surface area contributed by atoms with Crippen molar-refractivity contribution in [3.8, 4) is 0 Å². The van der Waals surface area contributed by atoms with Gasteiger partial charge in [-0.2, -0.15) is 0 Å². The molecular weight excluding hydrogens is 83.0 g/mol. The summed E-state index contributed by atoms with van der Waals surface area (Å²) in [4.78, 5) is 8.86. The van der Waals surface area contributed by atoms with E-state index in [1.54, 1.807) is 0 Å². The Morgan fingerprint density at radius 3 is 2.00 bits per heavy atom. The molecule has 1 N–H and O–H groups in total. The third kappa shape index (κ3) is 148. The third-order valence-corrected chi connectivity index (χ3v) is 0. The van der Waals surface area contributed by atoms with Gasteiger partial charge in [-0.15, -0.1) is 0 Å². The average molecular weight is 86.0 g/mol. The van der Waals surface area contributed by atoms with Crippen LogP contribution in [0.5, 0.6) is 0 Å². The molecule has 0 rings (SSSR count). The molecule has 2 nitrogen and oxygen atoms in total. The van der Waals surface area contributed by atoms with Crippen molar-refractivity contribution in [2.75, 3.05) is 0 Å². The van der Waals surface area contributed by atoms with Gasteiger partial charge in [0.15, 0.2) is 0 Å². The third-order valence-electron chi connectivity index (χ3n) is 0. The molecule has 4 heteroatoms. The smallest absolute Gasteiger partial charge is 1.00 e. The Bertz CT molecular complexity index is 36.5. The van der Waals surface area contributed by atoms with Crippen molar-refractivity contribution in [3.05, 3.63) is 0 Å². The van der Waals surface area contributed by atoms with Crippen molar-refractivity contribution in [3.63, 3.8) is 0 Å². The Kier molecular flexibility index (Phi) is 8.00. The molecule has 0 aliphatic rings. The Morgan fingerprint density at radius 1 is 2.00 bits per heavy atom. The quantitative estimate of drug-likeness (QED) is 0.257. The van der Waals surface area contributed by atoms with Gasteiger partial charge >= 0.3 is 24.2 Å². The van der Waals surface area contributed by atoms with Crippen LogP contribution < -0.4 is 18.9 Å². The van der Waals surface area contributed by atoms with Crippen molar-refractivity contribution >= 4 is 17.9 Å². The van der Waals surface area contributed by atoms with Crippen LogP contribution in [0.3, 0.4) is 0 Å². The van der Waals surface area contributed by atoms with Crippen LogP contribution in [0.4, 0.5) is 4.79 Å². The van der Waals surface area contributed by atoms with Crippen LogP contribution in [0.2, 0.25) is 0 Å². The van der Waals surface area contributed by atoms with Gasteiger partial charge in [-0.3, -0.25) is 0 Å². The molecule has 0 aliphatic heterocycles. The zero-order valence-electron chi connectivity index (χ0n) is 3.80. The molecule has 0 bridgehead atoms. The normalized spacial score (nSPS) is 5.00. The fraction of sp³-hybridized carbons (Fsp3) is 0. The van der Waals surface area contributed by atoms with Gasteiger partial charge < -0.3 is 6.53 Å². The van der Waals surface area contributed by atoms with Crippen LogP contribution in [-0.4, -0.2) is 10.4 Å². The van der Waals surface area contributed by atoms with Gasteiger partial charge in [0.25, 0.3) is 0 Å². The molecule has 0 unspecified atom stereocenters. The Morgan fingerprint density at radius 2 is 2.00 bits per heavy atom. The molecule has 0 aromatic rings. The molecule has 0 aliphatic carbocycles. The summed E-state index contributed by atoms with van der Waals surface area (Å²) in [6.45, 7) is 0. The summed E-state index contributed by atoms with van der Waals surface area (Å²) in [6.07, 6.45) is 0. The SMILES string of the molecule is O=C(O)S.[H-].[Li+]. The van der Waals surface area contributed by atoms with E-state index in [2.05, 4.69) is 12.6 Å². The first-order valence-corrected chi connectivity index (χ1v) is 1.10. The molecule has 0 atom stereocenters. The fourth-order valence-corrected chi connectivity index (χ4v) is 0. The zero-order chi connectivity index (χ0) is 3.58. The van der Waals surface area contributed by atoms with Crippen molar-refractivity contribution in [1.82, 2.24) is 0 Å². The van der Waals surface area contributed by atoms with Crippen LogP contribution in [-0.2, 0) is 0 Å². The average Bonchev–Trinajstić information content (AvgIpc) is 0.811. The van der Waals surface area contributed by atoms with Gasteiger partial charge in [0.05, 0.1) is 0 Å². The number of rotatable bonds is 0. The number of thiol groups is 1. The molecular formula is CH3LiO2S. The molecule has 0 spiro atoms. The van der Waals surface area contributed by atoms with Crippen LogP contribution in [0, 0.1) is 0 Å². The van der Waals surface area contributed by atoms with Crippen molar-refractivity contribution in [1.29, 1.82) is 0 Å². The summed E-state index contributed by atoms with van der Waals surface area (Å²) in [5, 5.41) is 6.14. The van der Waals surface area contributed by atoms with E-state index in [9.17, 15) is 0 Å². The number of carboxylic acid groups (broad SMARTS) is 1. The van der Waals surface area contributed by atoms with Crippen LogP contribution in [0.25, 0.3) is 0 Å². The Labute approximate surface area is 48.6 Å². The molecule has 5 heavy (non-hydrogen) atoms. The van der Waals surface area contributed by atoms with Gasteiger partial charge in [0.2, 0.25) is 0 Å². The summed E-state index contributed by atoms with van der Waals surface area (Å²) in [5.41, 5.74) is 0. The molecule has 0 heterocycles. The maximum Gasteiger partial charge on any atom is 1.00 e. The van der Waals surface area contributed by atoms with Crippen LogP contribution in [0.1, 0.15) is 1.43 Å². The Balaban J connectivity index is -0.0000000450. The molecule has 0 saturated carbocycles. The van der Waals surface area contributed by atoms with Gasteiger partial charge in [-0.1, -0.05) is 12.6 Å². The number of hydrogen-bond donors (Lipinski definition) is 2. The molecule has 0 fully saturated rings. The van der Waals surface area contributed by atoms with Crippen molar-refractivity contribution < 1.29 is 30.2 Å². The first-order chi connectivity index (χ1) is 1.73. The number of carbonyl (C=O) groups is 1. The number of hydrogen-bond acceptors (Lipinski definition) is 1. The molecule has 0 saturated heterocycles. The van der Waals surface area contributed by atoms with Gasteiger partial charge in [0, 0.05) is 0 Å². The van der Waals surface area contributed by atoms with E-state index in [0.29, 0.717) is 0 Å². The van der Waals surface area contributed by atoms with Crippen molar-refractivity contribution in [2.45, 2.75) is 0 Å². The zero-order valence-corrected chi connectivity index (χ0v) is 3.70. The Hall–Kier alpha value is 0.417. The summed E-state index contributed by atoms with van der Waals surface area (Å²) >= 11 is 2.88. The maximum atomic E-state index is 8.86. The second-order valence-electron chi connectivity index (χ2n) is 0.283. The maximum absolute atomic E-state index is 8.86. The standard InChI is InChI=1S/CH2O2S.Li.H/c2-1(3)4;;/h4H,(H,2,3);;/q;+1;-1. The second-order valence-corrected chi connectivity index (χ2v) is 0.665. The van der Waals surface area contributed by atoms with Crippen LogP contribution >= 0.6 is 12.6 Å². The molecule has 26 valence electrons. The summed E-state index contributed by atoms with van der Waals surface area (Å²) in [7, 11) is 0. The largest absolute Gasteiger partial charge is 1.00 e.